The second-order valence-electron chi connectivity index (χ2n) is 3.99. The molecule has 1 fully saturated rings. The predicted octanol–water partition coefficient (Wildman–Crippen LogP) is -1.56. The molecular formula is C10H17N3O4. The van der Waals surface area contributed by atoms with Crippen molar-refractivity contribution in [3.63, 3.8) is 0 Å². The first-order valence-corrected chi connectivity index (χ1v) is 5.51. The normalized spacial score (nSPS) is 20.6. The Kier molecular flexibility index (Phi) is 4.89. The number of carbonyl (C=O) groups is 3. The summed E-state index contributed by atoms with van der Waals surface area (Å²) < 4.78 is 0. The Labute approximate surface area is 98.9 Å². The van der Waals surface area contributed by atoms with Crippen molar-refractivity contribution in [2.45, 2.75) is 31.8 Å². The van der Waals surface area contributed by atoms with Gasteiger partial charge in [0, 0.05) is 13.5 Å². The summed E-state index contributed by atoms with van der Waals surface area (Å²) >= 11 is 0. The van der Waals surface area contributed by atoms with Gasteiger partial charge in [-0.3, -0.25) is 9.59 Å². The highest BCUT2D eigenvalue weighted by atomic mass is 16.4. The Morgan fingerprint density at radius 3 is 2.65 bits per heavy atom. The predicted molar refractivity (Wildman–Crippen MR) is 59.3 cm³/mol. The number of aliphatic carboxylic acids is 1. The highest BCUT2D eigenvalue weighted by molar-refractivity contribution is 5.87. The average Bonchev–Trinajstić information content (AvgIpc) is 2.76. The van der Waals surface area contributed by atoms with Crippen molar-refractivity contribution in [3.05, 3.63) is 0 Å². The molecule has 0 spiro atoms. The molecule has 0 saturated carbocycles. The molecule has 1 aliphatic rings. The maximum absolute atomic E-state index is 11.7. The van der Waals surface area contributed by atoms with E-state index in [0.29, 0.717) is 6.42 Å². The van der Waals surface area contributed by atoms with Crippen molar-refractivity contribution < 1.29 is 19.5 Å². The van der Waals surface area contributed by atoms with Crippen molar-refractivity contribution >= 4 is 17.8 Å². The fourth-order valence-corrected chi connectivity index (χ4v) is 1.63. The summed E-state index contributed by atoms with van der Waals surface area (Å²) in [4.78, 5) is 33.2. The Hall–Kier alpha value is -1.63. The summed E-state index contributed by atoms with van der Waals surface area (Å²) in [5.41, 5.74) is 0. The summed E-state index contributed by atoms with van der Waals surface area (Å²) in [5, 5.41) is 16.6. The van der Waals surface area contributed by atoms with Crippen LogP contribution in [0, 0.1) is 0 Å². The van der Waals surface area contributed by atoms with Gasteiger partial charge in [0.05, 0.1) is 6.04 Å². The van der Waals surface area contributed by atoms with Crippen molar-refractivity contribution in [2.24, 2.45) is 0 Å². The molecule has 0 aromatic heterocycles. The van der Waals surface area contributed by atoms with Crippen LogP contribution in [0.5, 0.6) is 0 Å². The van der Waals surface area contributed by atoms with E-state index in [9.17, 15) is 14.4 Å². The lowest BCUT2D eigenvalue weighted by atomic mass is 10.2. The van der Waals surface area contributed by atoms with Gasteiger partial charge in [-0.2, -0.15) is 0 Å². The topological polar surface area (TPSA) is 108 Å². The minimum absolute atomic E-state index is 0.108. The second-order valence-corrected chi connectivity index (χ2v) is 3.99. The SMILES string of the molecule is CC(=O)NCC(NC(=O)C1CCCN1)C(=O)O. The number of nitrogens with one attached hydrogen (secondary N) is 3. The Morgan fingerprint density at radius 2 is 2.18 bits per heavy atom. The van der Waals surface area contributed by atoms with Gasteiger partial charge >= 0.3 is 5.97 Å². The lowest BCUT2D eigenvalue weighted by Gasteiger charge is -2.17. The fourth-order valence-electron chi connectivity index (χ4n) is 1.63. The van der Waals surface area contributed by atoms with Gasteiger partial charge in [0.1, 0.15) is 6.04 Å². The molecule has 0 aromatic carbocycles. The molecule has 0 bridgehead atoms. The van der Waals surface area contributed by atoms with Crippen molar-refractivity contribution in [1.82, 2.24) is 16.0 Å². The molecule has 4 N–H and O–H groups in total. The minimum atomic E-state index is -1.16. The lowest BCUT2D eigenvalue weighted by molar-refractivity contribution is -0.142. The van der Waals surface area contributed by atoms with E-state index in [4.69, 9.17) is 5.11 Å². The van der Waals surface area contributed by atoms with Crippen molar-refractivity contribution in [2.75, 3.05) is 13.1 Å². The zero-order valence-corrected chi connectivity index (χ0v) is 9.66. The standard InChI is InChI=1S/C10H17N3O4/c1-6(14)12-5-8(10(16)17)13-9(15)7-3-2-4-11-7/h7-8,11H,2-5H2,1H3,(H,12,14)(H,13,15)(H,16,17). The minimum Gasteiger partial charge on any atom is -0.480 e. The maximum atomic E-state index is 11.7. The van der Waals surface area contributed by atoms with Crippen LogP contribution >= 0.6 is 0 Å². The number of carboxylic acids is 1. The van der Waals surface area contributed by atoms with Crippen LogP contribution in [0.3, 0.4) is 0 Å². The maximum Gasteiger partial charge on any atom is 0.328 e. The highest BCUT2D eigenvalue weighted by Crippen LogP contribution is 2.04. The molecule has 96 valence electrons. The first-order valence-electron chi connectivity index (χ1n) is 5.51. The first kappa shape index (κ1) is 13.4. The van der Waals surface area contributed by atoms with E-state index >= 15 is 0 Å². The van der Waals surface area contributed by atoms with Crippen LogP contribution in [-0.2, 0) is 14.4 Å². The molecule has 2 amide bonds. The van der Waals surface area contributed by atoms with E-state index < -0.39 is 12.0 Å². The number of rotatable bonds is 5. The molecule has 0 aliphatic carbocycles. The molecule has 7 heteroatoms. The third kappa shape index (κ3) is 4.39. The largest absolute Gasteiger partial charge is 0.480 e. The number of amides is 2. The van der Waals surface area contributed by atoms with Gasteiger partial charge in [0.2, 0.25) is 11.8 Å². The molecule has 0 aromatic rings. The molecule has 2 atom stereocenters. The zero-order chi connectivity index (χ0) is 12.8. The van der Waals surface area contributed by atoms with Crippen LogP contribution in [0.4, 0.5) is 0 Å². The number of carbonyl (C=O) groups excluding carboxylic acids is 2. The van der Waals surface area contributed by atoms with Gasteiger partial charge in [0.25, 0.3) is 0 Å². The van der Waals surface area contributed by atoms with Crippen LogP contribution in [0.1, 0.15) is 19.8 Å². The van der Waals surface area contributed by atoms with Crippen LogP contribution in [0.25, 0.3) is 0 Å². The summed E-state index contributed by atoms with van der Waals surface area (Å²) in [6, 6.07) is -1.41. The van der Waals surface area contributed by atoms with Crippen LogP contribution in [0.2, 0.25) is 0 Å². The van der Waals surface area contributed by atoms with Crippen LogP contribution in [0.15, 0.2) is 0 Å². The summed E-state index contributed by atoms with van der Waals surface area (Å²) in [7, 11) is 0. The van der Waals surface area contributed by atoms with Crippen molar-refractivity contribution in [3.8, 4) is 0 Å². The molecule has 1 heterocycles. The lowest BCUT2D eigenvalue weighted by Crippen LogP contribution is -2.52. The molecule has 1 aliphatic heterocycles. The summed E-state index contributed by atoms with van der Waals surface area (Å²) in [6.45, 7) is 1.95. The Balaban J connectivity index is 2.44. The van der Waals surface area contributed by atoms with Gasteiger partial charge in [0.15, 0.2) is 0 Å². The molecule has 0 radical (unpaired) electrons. The Morgan fingerprint density at radius 1 is 1.47 bits per heavy atom. The number of hydrogen-bond donors (Lipinski definition) is 4. The molecule has 7 nitrogen and oxygen atoms in total. The first-order chi connectivity index (χ1) is 8.00. The van der Waals surface area contributed by atoms with E-state index in [0.717, 1.165) is 13.0 Å². The van der Waals surface area contributed by atoms with E-state index in [1.807, 2.05) is 0 Å². The number of carboxylic acid groups (broad SMARTS) is 1. The molecule has 1 rings (SSSR count). The van der Waals surface area contributed by atoms with E-state index in [2.05, 4.69) is 16.0 Å². The Bertz CT molecular complexity index is 313. The van der Waals surface area contributed by atoms with Gasteiger partial charge in [-0.15, -0.1) is 0 Å². The monoisotopic (exact) mass is 243 g/mol. The third-order valence-corrected chi connectivity index (χ3v) is 2.55. The molecular weight excluding hydrogens is 226 g/mol. The highest BCUT2D eigenvalue weighted by Gasteiger charge is 2.26. The van der Waals surface area contributed by atoms with Crippen LogP contribution in [-0.4, -0.2) is 48.1 Å². The number of hydrogen-bond acceptors (Lipinski definition) is 4. The van der Waals surface area contributed by atoms with E-state index in [1.165, 1.54) is 6.92 Å². The van der Waals surface area contributed by atoms with Gasteiger partial charge < -0.3 is 21.1 Å². The van der Waals surface area contributed by atoms with Gasteiger partial charge in [-0.1, -0.05) is 0 Å². The molecule has 17 heavy (non-hydrogen) atoms. The summed E-state index contributed by atoms with van der Waals surface area (Å²) in [6.07, 6.45) is 1.61. The fraction of sp³-hybridized carbons (Fsp3) is 0.700. The van der Waals surface area contributed by atoms with Gasteiger partial charge in [-0.05, 0) is 19.4 Å². The van der Waals surface area contributed by atoms with Crippen molar-refractivity contribution in [1.29, 1.82) is 0 Å². The average molecular weight is 243 g/mol. The summed E-state index contributed by atoms with van der Waals surface area (Å²) in [5.74, 6) is -1.82. The van der Waals surface area contributed by atoms with E-state index in [-0.39, 0.29) is 24.4 Å². The quantitative estimate of drug-likeness (QED) is 0.467. The smallest absolute Gasteiger partial charge is 0.328 e. The van der Waals surface area contributed by atoms with Crippen LogP contribution < -0.4 is 16.0 Å². The zero-order valence-electron chi connectivity index (χ0n) is 9.66. The molecule has 2 unspecified atom stereocenters. The second kappa shape index (κ2) is 6.19. The van der Waals surface area contributed by atoms with E-state index in [1.54, 1.807) is 0 Å². The molecule has 1 saturated heterocycles. The third-order valence-electron chi connectivity index (χ3n) is 2.55. The van der Waals surface area contributed by atoms with Gasteiger partial charge in [-0.25, -0.2) is 4.79 Å².